The van der Waals surface area contributed by atoms with E-state index in [2.05, 4.69) is 56.7 Å². The molecule has 0 saturated heterocycles. The Labute approximate surface area is 191 Å². The molecule has 0 atom stereocenters. The van der Waals surface area contributed by atoms with E-state index in [0.29, 0.717) is 11.5 Å². The highest BCUT2D eigenvalue weighted by Gasteiger charge is 2.21. The first-order valence-electron chi connectivity index (χ1n) is 8.94. The van der Waals surface area contributed by atoms with E-state index in [-0.39, 0.29) is 0 Å². The molecule has 4 aromatic rings. The van der Waals surface area contributed by atoms with Crippen LogP contribution in [-0.2, 0) is 0 Å². The van der Waals surface area contributed by atoms with Crippen molar-refractivity contribution in [2.45, 2.75) is 0 Å². The fourth-order valence-corrected chi connectivity index (χ4v) is 4.49. The number of aromatic nitrogens is 2. The molecular formula is C23H18BrIN2O2. The third-order valence-corrected chi connectivity index (χ3v) is 6.25. The molecule has 146 valence electrons. The van der Waals surface area contributed by atoms with Crippen molar-refractivity contribution in [3.63, 3.8) is 0 Å². The lowest BCUT2D eigenvalue weighted by molar-refractivity contribution is 0.355. The highest BCUT2D eigenvalue weighted by atomic mass is 127. The zero-order valence-electron chi connectivity index (χ0n) is 15.9. The summed E-state index contributed by atoms with van der Waals surface area (Å²) in [5.74, 6) is 1.40. The summed E-state index contributed by atoms with van der Waals surface area (Å²) in [7, 11) is 3.30. The van der Waals surface area contributed by atoms with Crippen molar-refractivity contribution >= 4 is 38.5 Å². The molecular weight excluding hydrogens is 543 g/mol. The minimum Gasteiger partial charge on any atom is -0.493 e. The van der Waals surface area contributed by atoms with Gasteiger partial charge in [-0.3, -0.25) is 0 Å². The van der Waals surface area contributed by atoms with Crippen LogP contribution in [0, 0.1) is 3.57 Å². The SMILES string of the molecule is COc1cc(I)c(-c2cnn(-c3ccccc3)c2-c2ccccc2Br)cc1OC. The Kier molecular flexibility index (Phi) is 5.91. The average Bonchev–Trinajstić information content (AvgIpc) is 3.19. The summed E-state index contributed by atoms with van der Waals surface area (Å²) in [6.45, 7) is 0. The Morgan fingerprint density at radius 1 is 0.828 bits per heavy atom. The van der Waals surface area contributed by atoms with Crippen LogP contribution >= 0.6 is 38.5 Å². The van der Waals surface area contributed by atoms with E-state index in [1.165, 1.54) is 0 Å². The molecule has 0 bridgehead atoms. The number of benzene rings is 3. The van der Waals surface area contributed by atoms with Crippen molar-refractivity contribution in [3.8, 4) is 39.6 Å². The maximum absolute atomic E-state index is 5.55. The van der Waals surface area contributed by atoms with Gasteiger partial charge in [0.15, 0.2) is 11.5 Å². The highest BCUT2D eigenvalue weighted by molar-refractivity contribution is 14.1. The molecule has 0 aliphatic carbocycles. The van der Waals surface area contributed by atoms with Crippen LogP contribution in [0.2, 0.25) is 0 Å². The Balaban J connectivity index is 2.01. The van der Waals surface area contributed by atoms with Gasteiger partial charge in [0.2, 0.25) is 0 Å². The van der Waals surface area contributed by atoms with Crippen LogP contribution in [0.1, 0.15) is 0 Å². The molecule has 0 unspecified atom stereocenters. The molecule has 4 nitrogen and oxygen atoms in total. The summed E-state index contributed by atoms with van der Waals surface area (Å²) in [4.78, 5) is 0. The smallest absolute Gasteiger partial charge is 0.161 e. The molecule has 1 heterocycles. The summed E-state index contributed by atoms with van der Waals surface area (Å²) in [5.41, 5.74) is 5.13. The predicted molar refractivity (Wildman–Crippen MR) is 128 cm³/mol. The molecule has 0 fully saturated rings. The van der Waals surface area contributed by atoms with E-state index in [1.807, 2.05) is 59.4 Å². The van der Waals surface area contributed by atoms with Gasteiger partial charge in [0.05, 0.1) is 31.8 Å². The van der Waals surface area contributed by atoms with Gasteiger partial charge in [-0.15, -0.1) is 0 Å². The predicted octanol–water partition coefficient (Wildman–Crippen LogP) is 6.59. The van der Waals surface area contributed by atoms with Gasteiger partial charge in [0.25, 0.3) is 0 Å². The molecule has 0 aliphatic heterocycles. The summed E-state index contributed by atoms with van der Waals surface area (Å²) in [5, 5.41) is 4.74. The van der Waals surface area contributed by atoms with Crippen LogP contribution in [0.4, 0.5) is 0 Å². The molecule has 4 rings (SSSR count). The molecule has 3 aromatic carbocycles. The van der Waals surface area contributed by atoms with Crippen molar-refractivity contribution in [1.29, 1.82) is 0 Å². The largest absolute Gasteiger partial charge is 0.493 e. The quantitative estimate of drug-likeness (QED) is 0.258. The maximum Gasteiger partial charge on any atom is 0.161 e. The first-order valence-corrected chi connectivity index (χ1v) is 10.8. The van der Waals surface area contributed by atoms with Gasteiger partial charge in [-0.25, -0.2) is 4.68 Å². The van der Waals surface area contributed by atoms with Gasteiger partial charge in [0.1, 0.15) is 0 Å². The van der Waals surface area contributed by atoms with Gasteiger partial charge in [0, 0.05) is 24.7 Å². The minimum atomic E-state index is 0.688. The molecule has 0 N–H and O–H groups in total. The first kappa shape index (κ1) is 20.0. The topological polar surface area (TPSA) is 36.3 Å². The van der Waals surface area contributed by atoms with Gasteiger partial charge < -0.3 is 9.47 Å². The minimum absolute atomic E-state index is 0.688. The Bertz CT molecular complexity index is 1160. The number of hydrogen-bond acceptors (Lipinski definition) is 3. The lowest BCUT2D eigenvalue weighted by Crippen LogP contribution is -2.00. The van der Waals surface area contributed by atoms with Crippen molar-refractivity contribution in [2.75, 3.05) is 14.2 Å². The number of halogens is 2. The van der Waals surface area contributed by atoms with Crippen LogP contribution in [0.3, 0.4) is 0 Å². The monoisotopic (exact) mass is 560 g/mol. The Morgan fingerprint density at radius 3 is 2.17 bits per heavy atom. The van der Waals surface area contributed by atoms with E-state index in [9.17, 15) is 0 Å². The number of methoxy groups -OCH3 is 2. The van der Waals surface area contributed by atoms with Crippen molar-refractivity contribution < 1.29 is 9.47 Å². The second-order valence-electron chi connectivity index (χ2n) is 6.32. The lowest BCUT2D eigenvalue weighted by atomic mass is 10.0. The van der Waals surface area contributed by atoms with Crippen LogP contribution < -0.4 is 9.47 Å². The third kappa shape index (κ3) is 3.79. The molecule has 0 amide bonds. The molecule has 6 heteroatoms. The maximum atomic E-state index is 5.55. The Hall–Kier alpha value is -2.32. The van der Waals surface area contributed by atoms with E-state index < -0.39 is 0 Å². The van der Waals surface area contributed by atoms with Gasteiger partial charge in [-0.2, -0.15) is 5.10 Å². The van der Waals surface area contributed by atoms with Crippen LogP contribution in [0.25, 0.3) is 28.1 Å². The zero-order chi connectivity index (χ0) is 20.4. The van der Waals surface area contributed by atoms with E-state index in [1.54, 1.807) is 14.2 Å². The fraction of sp³-hybridized carbons (Fsp3) is 0.0870. The van der Waals surface area contributed by atoms with E-state index >= 15 is 0 Å². The summed E-state index contributed by atoms with van der Waals surface area (Å²) >= 11 is 6.04. The number of ether oxygens (including phenoxy) is 2. The molecule has 0 radical (unpaired) electrons. The van der Waals surface area contributed by atoms with E-state index in [4.69, 9.17) is 14.6 Å². The fourth-order valence-electron chi connectivity index (χ4n) is 3.28. The van der Waals surface area contributed by atoms with Crippen molar-refractivity contribution in [2.24, 2.45) is 0 Å². The Morgan fingerprint density at radius 2 is 1.48 bits per heavy atom. The number of rotatable bonds is 5. The standard InChI is InChI=1S/C23H18BrIN2O2/c1-28-21-12-17(20(25)13-22(21)29-2)18-14-26-27(15-8-4-3-5-9-15)23(18)16-10-6-7-11-19(16)24/h3-14H,1-2H3. The molecule has 0 aliphatic rings. The van der Waals surface area contributed by atoms with E-state index in [0.717, 1.165) is 36.1 Å². The lowest BCUT2D eigenvalue weighted by Gasteiger charge is -2.15. The normalized spacial score (nSPS) is 10.8. The van der Waals surface area contributed by atoms with Gasteiger partial charge in [-0.05, 0) is 52.9 Å². The average molecular weight is 561 g/mol. The zero-order valence-corrected chi connectivity index (χ0v) is 19.6. The third-order valence-electron chi connectivity index (χ3n) is 4.66. The van der Waals surface area contributed by atoms with Crippen LogP contribution in [0.15, 0.2) is 77.4 Å². The summed E-state index contributed by atoms with van der Waals surface area (Å²) in [6.07, 6.45) is 1.91. The van der Waals surface area contributed by atoms with Crippen LogP contribution in [-0.4, -0.2) is 24.0 Å². The summed E-state index contributed by atoms with van der Waals surface area (Å²) in [6, 6.07) is 22.3. The van der Waals surface area contributed by atoms with Crippen LogP contribution in [0.5, 0.6) is 11.5 Å². The first-order chi connectivity index (χ1) is 14.1. The van der Waals surface area contributed by atoms with Crippen molar-refractivity contribution in [3.05, 3.63) is 81.0 Å². The number of nitrogens with zero attached hydrogens (tertiary/aromatic N) is 2. The number of hydrogen-bond donors (Lipinski definition) is 0. The van der Waals surface area contributed by atoms with Gasteiger partial charge in [-0.1, -0.05) is 52.3 Å². The molecule has 1 aromatic heterocycles. The van der Waals surface area contributed by atoms with Gasteiger partial charge >= 0.3 is 0 Å². The van der Waals surface area contributed by atoms with Crippen molar-refractivity contribution in [1.82, 2.24) is 9.78 Å². The summed E-state index contributed by atoms with van der Waals surface area (Å²) < 4.78 is 15.0. The molecule has 0 saturated carbocycles. The second-order valence-corrected chi connectivity index (χ2v) is 8.34. The number of para-hydroxylation sites is 1. The molecule has 29 heavy (non-hydrogen) atoms. The second kappa shape index (κ2) is 8.59. The molecule has 0 spiro atoms. The highest BCUT2D eigenvalue weighted by Crippen LogP contribution is 2.42.